The summed E-state index contributed by atoms with van der Waals surface area (Å²) in [5.41, 5.74) is 4.11. The molecule has 0 heterocycles. The first-order chi connectivity index (χ1) is 15.4. The topological polar surface area (TPSA) is 89.0 Å². The van der Waals surface area contributed by atoms with Crippen LogP contribution >= 0.6 is 23.2 Å². The van der Waals surface area contributed by atoms with Crippen LogP contribution in [0.25, 0.3) is 0 Å². The number of anilines is 1. The highest BCUT2D eigenvalue weighted by molar-refractivity contribution is 6.39. The van der Waals surface area contributed by atoms with Crippen molar-refractivity contribution in [2.45, 2.75) is 6.61 Å². The zero-order chi connectivity index (χ0) is 22.9. The van der Waals surface area contributed by atoms with E-state index in [0.29, 0.717) is 32.8 Å². The summed E-state index contributed by atoms with van der Waals surface area (Å²) in [7, 11) is 1.54. The van der Waals surface area contributed by atoms with Crippen LogP contribution < -0.4 is 20.2 Å². The molecule has 2 N–H and O–H groups in total. The average molecular weight is 472 g/mol. The second-order valence-corrected chi connectivity index (χ2v) is 7.32. The predicted octanol–water partition coefficient (Wildman–Crippen LogP) is 4.67. The van der Waals surface area contributed by atoms with Gasteiger partial charge in [0.15, 0.2) is 0 Å². The Kier molecular flexibility index (Phi) is 8.08. The highest BCUT2D eigenvalue weighted by atomic mass is 35.5. The van der Waals surface area contributed by atoms with Gasteiger partial charge in [0.05, 0.1) is 13.3 Å². The third-order valence-electron chi connectivity index (χ3n) is 4.20. The maximum atomic E-state index is 12.0. The molecule has 0 aliphatic rings. The lowest BCUT2D eigenvalue weighted by atomic mass is 10.2. The summed E-state index contributed by atoms with van der Waals surface area (Å²) >= 11 is 12.0. The summed E-state index contributed by atoms with van der Waals surface area (Å²) in [4.78, 5) is 23.9. The van der Waals surface area contributed by atoms with Gasteiger partial charge in [-0.15, -0.1) is 0 Å². The van der Waals surface area contributed by atoms with E-state index in [9.17, 15) is 9.59 Å². The minimum Gasteiger partial charge on any atom is -0.497 e. The zero-order valence-corrected chi connectivity index (χ0v) is 18.5. The van der Waals surface area contributed by atoms with Gasteiger partial charge in [-0.25, -0.2) is 5.43 Å². The fourth-order valence-electron chi connectivity index (χ4n) is 2.56. The van der Waals surface area contributed by atoms with Crippen LogP contribution in [0.3, 0.4) is 0 Å². The fraction of sp³-hybridized carbons (Fsp3) is 0.0870. The number of halogens is 2. The number of benzene rings is 3. The van der Waals surface area contributed by atoms with Gasteiger partial charge in [-0.3, -0.25) is 9.59 Å². The van der Waals surface area contributed by atoms with Gasteiger partial charge in [-0.1, -0.05) is 41.4 Å². The molecule has 9 heteroatoms. The van der Waals surface area contributed by atoms with E-state index in [1.165, 1.54) is 13.3 Å². The normalized spacial score (nSPS) is 10.6. The SMILES string of the molecule is COc1ccc(NC(=O)C(=O)N/N=C\c2cccc(OCc3ccc(Cl)cc3Cl)c2)cc1. The number of carbonyl (C=O) groups excluding carboxylic acids is 2. The Balaban J connectivity index is 1.52. The molecule has 0 spiro atoms. The summed E-state index contributed by atoms with van der Waals surface area (Å²) in [5.74, 6) is -0.519. The van der Waals surface area contributed by atoms with Gasteiger partial charge >= 0.3 is 11.8 Å². The van der Waals surface area contributed by atoms with Crippen molar-refractivity contribution in [2.24, 2.45) is 5.10 Å². The summed E-state index contributed by atoms with van der Waals surface area (Å²) in [6.45, 7) is 0.263. The molecule has 3 rings (SSSR count). The van der Waals surface area contributed by atoms with Crippen LogP contribution in [0.2, 0.25) is 10.0 Å². The van der Waals surface area contributed by atoms with Crippen LogP contribution in [0.4, 0.5) is 5.69 Å². The van der Waals surface area contributed by atoms with Gasteiger partial charge in [0.2, 0.25) is 0 Å². The summed E-state index contributed by atoms with van der Waals surface area (Å²) in [6.07, 6.45) is 1.40. The molecule has 0 saturated heterocycles. The number of nitrogens with one attached hydrogen (secondary N) is 2. The van der Waals surface area contributed by atoms with Crippen LogP contribution in [-0.2, 0) is 16.2 Å². The molecule has 0 aliphatic carbocycles. The second kappa shape index (κ2) is 11.2. The third-order valence-corrected chi connectivity index (χ3v) is 4.79. The number of rotatable bonds is 7. The van der Waals surface area contributed by atoms with Gasteiger partial charge in [0, 0.05) is 21.3 Å². The highest BCUT2D eigenvalue weighted by Gasteiger charge is 2.12. The molecule has 3 aromatic carbocycles. The molecule has 0 aliphatic heterocycles. The van der Waals surface area contributed by atoms with Crippen molar-refractivity contribution in [3.63, 3.8) is 0 Å². The van der Waals surface area contributed by atoms with Crippen LogP contribution in [0.1, 0.15) is 11.1 Å². The van der Waals surface area contributed by atoms with Gasteiger partial charge in [-0.05, 0) is 54.1 Å². The summed E-state index contributed by atoms with van der Waals surface area (Å²) < 4.78 is 10.8. The number of ether oxygens (including phenoxy) is 2. The molecule has 0 fully saturated rings. The maximum Gasteiger partial charge on any atom is 0.329 e. The molecule has 3 aromatic rings. The first kappa shape index (κ1) is 23.1. The molecule has 0 radical (unpaired) electrons. The quantitative estimate of drug-likeness (QED) is 0.297. The van der Waals surface area contributed by atoms with Crippen molar-refractivity contribution in [3.05, 3.63) is 87.9 Å². The Morgan fingerprint density at radius 2 is 1.75 bits per heavy atom. The molecule has 0 bridgehead atoms. The van der Waals surface area contributed by atoms with Crippen molar-refractivity contribution in [1.82, 2.24) is 5.43 Å². The predicted molar refractivity (Wildman–Crippen MR) is 125 cm³/mol. The summed E-state index contributed by atoms with van der Waals surface area (Å²) in [6, 6.07) is 18.8. The zero-order valence-electron chi connectivity index (χ0n) is 17.0. The third kappa shape index (κ3) is 6.73. The fourth-order valence-corrected chi connectivity index (χ4v) is 3.03. The molecular formula is C23H19Cl2N3O4. The van der Waals surface area contributed by atoms with E-state index in [-0.39, 0.29) is 6.61 Å². The first-order valence-electron chi connectivity index (χ1n) is 9.40. The van der Waals surface area contributed by atoms with Gasteiger partial charge in [-0.2, -0.15) is 5.10 Å². The van der Waals surface area contributed by atoms with E-state index < -0.39 is 11.8 Å². The number of methoxy groups -OCH3 is 1. The van der Waals surface area contributed by atoms with Crippen LogP contribution in [0.15, 0.2) is 71.8 Å². The van der Waals surface area contributed by atoms with E-state index in [0.717, 1.165) is 5.56 Å². The lowest BCUT2D eigenvalue weighted by molar-refractivity contribution is -0.136. The summed E-state index contributed by atoms with van der Waals surface area (Å²) in [5, 5.41) is 7.36. The molecule has 0 atom stereocenters. The van der Waals surface area contributed by atoms with Crippen molar-refractivity contribution in [2.75, 3.05) is 12.4 Å². The lowest BCUT2D eigenvalue weighted by Gasteiger charge is -2.08. The van der Waals surface area contributed by atoms with Crippen LogP contribution in [0, 0.1) is 0 Å². The van der Waals surface area contributed by atoms with Crippen molar-refractivity contribution in [1.29, 1.82) is 0 Å². The standard InChI is InChI=1S/C23H19Cl2N3O4/c1-31-19-9-7-18(8-10-19)27-22(29)23(30)28-26-13-15-3-2-4-20(11-15)32-14-16-5-6-17(24)12-21(16)25/h2-13H,14H2,1H3,(H,27,29)(H,28,30)/b26-13-. The molecule has 164 valence electrons. The number of hydrazone groups is 1. The van der Waals surface area contributed by atoms with E-state index in [1.54, 1.807) is 66.7 Å². The van der Waals surface area contributed by atoms with Gasteiger partial charge < -0.3 is 14.8 Å². The Morgan fingerprint density at radius 3 is 2.47 bits per heavy atom. The van der Waals surface area contributed by atoms with E-state index in [1.807, 2.05) is 0 Å². The van der Waals surface area contributed by atoms with Crippen LogP contribution in [-0.4, -0.2) is 25.1 Å². The largest absolute Gasteiger partial charge is 0.497 e. The molecule has 2 amide bonds. The molecular weight excluding hydrogens is 453 g/mol. The van der Waals surface area contributed by atoms with E-state index in [4.69, 9.17) is 32.7 Å². The first-order valence-corrected chi connectivity index (χ1v) is 10.2. The molecule has 0 unspecified atom stereocenters. The minimum absolute atomic E-state index is 0.263. The number of hydrogen-bond acceptors (Lipinski definition) is 5. The van der Waals surface area contributed by atoms with E-state index in [2.05, 4.69) is 15.8 Å². The Labute approximate surface area is 194 Å². The highest BCUT2D eigenvalue weighted by Crippen LogP contribution is 2.23. The minimum atomic E-state index is -0.901. The number of amides is 2. The lowest BCUT2D eigenvalue weighted by Crippen LogP contribution is -2.32. The smallest absolute Gasteiger partial charge is 0.329 e. The molecule has 0 saturated carbocycles. The molecule has 0 aromatic heterocycles. The number of nitrogens with zero attached hydrogens (tertiary/aromatic N) is 1. The molecule has 7 nitrogen and oxygen atoms in total. The monoisotopic (exact) mass is 471 g/mol. The Bertz CT molecular complexity index is 1130. The van der Waals surface area contributed by atoms with Gasteiger partial charge in [0.1, 0.15) is 18.1 Å². The van der Waals surface area contributed by atoms with Crippen LogP contribution in [0.5, 0.6) is 11.5 Å². The van der Waals surface area contributed by atoms with E-state index >= 15 is 0 Å². The second-order valence-electron chi connectivity index (χ2n) is 6.48. The average Bonchev–Trinajstić information content (AvgIpc) is 2.79. The maximum absolute atomic E-state index is 12.0. The van der Waals surface area contributed by atoms with Crippen molar-refractivity contribution in [3.8, 4) is 11.5 Å². The van der Waals surface area contributed by atoms with Crippen molar-refractivity contribution < 1.29 is 19.1 Å². The van der Waals surface area contributed by atoms with Crippen molar-refractivity contribution >= 4 is 46.9 Å². The number of carbonyl (C=O) groups is 2. The molecule has 32 heavy (non-hydrogen) atoms. The Hall–Kier alpha value is -3.55. The number of hydrogen-bond donors (Lipinski definition) is 2. The Morgan fingerprint density at radius 1 is 0.969 bits per heavy atom. The van der Waals surface area contributed by atoms with Gasteiger partial charge in [0.25, 0.3) is 0 Å².